The maximum absolute atomic E-state index is 4.08. The summed E-state index contributed by atoms with van der Waals surface area (Å²) in [5, 5.41) is 5.43. The van der Waals surface area contributed by atoms with Gasteiger partial charge in [-0.3, -0.25) is 0 Å². The summed E-state index contributed by atoms with van der Waals surface area (Å²) in [7, 11) is 0. The van der Waals surface area contributed by atoms with Gasteiger partial charge in [-0.15, -0.1) is 0 Å². The summed E-state index contributed by atoms with van der Waals surface area (Å²) in [6, 6.07) is 31.3. The Morgan fingerprint density at radius 3 is 1.64 bits per heavy atom. The van der Waals surface area contributed by atoms with Gasteiger partial charge in [-0.05, 0) is 45.5 Å². The molecule has 0 unspecified atom stereocenters. The normalized spacial score (nSPS) is 11.9. The van der Waals surface area contributed by atoms with Crippen molar-refractivity contribution in [1.82, 2.24) is 0 Å². The van der Waals surface area contributed by atoms with Crippen molar-refractivity contribution in [2.45, 2.75) is 44.4 Å². The zero-order valence-corrected chi connectivity index (χ0v) is 16.8. The maximum Gasteiger partial charge on any atom is 0.0212 e. The predicted molar refractivity (Wildman–Crippen MR) is 123 cm³/mol. The molecule has 0 aromatic heterocycles. The van der Waals surface area contributed by atoms with Crippen molar-refractivity contribution in [2.75, 3.05) is 0 Å². The molecule has 0 atom stereocenters. The van der Waals surface area contributed by atoms with E-state index in [9.17, 15) is 0 Å². The minimum Gasteiger partial charge on any atom is -0.0642 e. The Hall–Kier alpha value is -2.60. The van der Waals surface area contributed by atoms with Crippen LogP contribution in [0.4, 0.5) is 0 Å². The molecule has 0 saturated heterocycles. The molecule has 0 amide bonds. The van der Waals surface area contributed by atoms with E-state index in [1.54, 1.807) is 0 Å². The molecule has 0 spiro atoms. The fraction of sp³-hybridized carbons (Fsp3) is 0.250. The number of unbranched alkanes of at least 4 members (excludes halogenated alkanes) is 2. The maximum atomic E-state index is 4.08. The van der Waals surface area contributed by atoms with E-state index < -0.39 is 0 Å². The molecule has 0 N–H and O–H groups in total. The van der Waals surface area contributed by atoms with Crippen LogP contribution in [0.25, 0.3) is 21.5 Å². The van der Waals surface area contributed by atoms with Gasteiger partial charge in [-0.2, -0.15) is 0 Å². The molecular formula is C28H29. The van der Waals surface area contributed by atoms with Gasteiger partial charge in [0.05, 0.1) is 0 Å². The van der Waals surface area contributed by atoms with Crippen LogP contribution in [0.2, 0.25) is 0 Å². The zero-order valence-electron chi connectivity index (χ0n) is 16.8. The number of hydrogen-bond acceptors (Lipinski definition) is 0. The molecule has 0 aliphatic rings. The third kappa shape index (κ3) is 3.22. The minimum atomic E-state index is 0.0108. The third-order valence-corrected chi connectivity index (χ3v) is 6.32. The Bertz CT molecular complexity index is 984. The van der Waals surface area contributed by atoms with E-state index in [4.69, 9.17) is 0 Å². The lowest BCUT2D eigenvalue weighted by Crippen LogP contribution is -2.28. The summed E-state index contributed by atoms with van der Waals surface area (Å²) in [5.74, 6) is 0. The highest BCUT2D eigenvalue weighted by molar-refractivity contribution is 5.91. The molecule has 4 aromatic carbocycles. The monoisotopic (exact) mass is 365 g/mol. The summed E-state index contributed by atoms with van der Waals surface area (Å²) in [6.07, 6.45) is 5.62. The standard InChI is InChI=1S/C28H29/c1-3-5-10-21-28(4-2,26-19-11-15-22-13-6-8-17-24(22)26)27-20-12-16-23-14-7-9-18-25(23)27/h6-9,11-20H,1,3-5,10,21H2,2H3. The minimum absolute atomic E-state index is 0.0108. The molecule has 0 nitrogen and oxygen atoms in total. The van der Waals surface area contributed by atoms with Crippen LogP contribution in [-0.2, 0) is 5.41 Å². The van der Waals surface area contributed by atoms with Gasteiger partial charge in [0.15, 0.2) is 0 Å². The van der Waals surface area contributed by atoms with E-state index in [1.165, 1.54) is 45.5 Å². The van der Waals surface area contributed by atoms with Crippen molar-refractivity contribution >= 4 is 21.5 Å². The Labute approximate surface area is 169 Å². The van der Waals surface area contributed by atoms with Crippen molar-refractivity contribution < 1.29 is 0 Å². The van der Waals surface area contributed by atoms with Crippen molar-refractivity contribution in [3.63, 3.8) is 0 Å². The van der Waals surface area contributed by atoms with Crippen LogP contribution in [0.1, 0.15) is 50.2 Å². The molecule has 1 radical (unpaired) electrons. The zero-order chi connectivity index (χ0) is 19.4. The van der Waals surface area contributed by atoms with Crippen LogP contribution in [0.3, 0.4) is 0 Å². The van der Waals surface area contributed by atoms with E-state index in [0.717, 1.165) is 19.3 Å². The highest BCUT2D eigenvalue weighted by Crippen LogP contribution is 2.45. The topological polar surface area (TPSA) is 0 Å². The summed E-state index contributed by atoms with van der Waals surface area (Å²) in [5.41, 5.74) is 2.94. The molecule has 4 rings (SSSR count). The second kappa shape index (κ2) is 8.19. The molecule has 28 heavy (non-hydrogen) atoms. The van der Waals surface area contributed by atoms with E-state index in [1.807, 2.05) is 0 Å². The number of benzene rings is 4. The SMILES string of the molecule is [CH2]CCCCC(CC)(c1cccc2ccccc12)c1cccc2ccccc12. The molecule has 4 aromatic rings. The van der Waals surface area contributed by atoms with Gasteiger partial charge in [0.2, 0.25) is 0 Å². The molecule has 0 aliphatic carbocycles. The lowest BCUT2D eigenvalue weighted by atomic mass is 9.67. The van der Waals surface area contributed by atoms with Crippen molar-refractivity contribution in [3.05, 3.63) is 103 Å². The van der Waals surface area contributed by atoms with E-state index in [2.05, 4.69) is 98.8 Å². The number of fused-ring (bicyclic) bond motifs is 2. The highest BCUT2D eigenvalue weighted by atomic mass is 14.4. The van der Waals surface area contributed by atoms with Crippen LogP contribution in [0.15, 0.2) is 84.9 Å². The van der Waals surface area contributed by atoms with Crippen LogP contribution >= 0.6 is 0 Å². The molecular weight excluding hydrogens is 336 g/mol. The summed E-state index contributed by atoms with van der Waals surface area (Å²) < 4.78 is 0. The lowest BCUT2D eigenvalue weighted by Gasteiger charge is -2.36. The first-order valence-electron chi connectivity index (χ1n) is 10.6. The molecule has 0 fully saturated rings. The Morgan fingerprint density at radius 2 is 1.14 bits per heavy atom. The van der Waals surface area contributed by atoms with Crippen molar-refractivity contribution in [3.8, 4) is 0 Å². The first kappa shape index (κ1) is 18.7. The van der Waals surface area contributed by atoms with Gasteiger partial charge >= 0.3 is 0 Å². The van der Waals surface area contributed by atoms with Crippen molar-refractivity contribution in [2.24, 2.45) is 0 Å². The van der Waals surface area contributed by atoms with E-state index in [-0.39, 0.29) is 5.41 Å². The molecule has 0 bridgehead atoms. The molecule has 0 heterocycles. The fourth-order valence-electron chi connectivity index (χ4n) is 4.86. The summed E-state index contributed by atoms with van der Waals surface area (Å²) >= 11 is 0. The molecule has 0 saturated carbocycles. The second-order valence-corrected chi connectivity index (χ2v) is 7.80. The summed E-state index contributed by atoms with van der Waals surface area (Å²) in [6.45, 7) is 6.43. The highest BCUT2D eigenvalue weighted by Gasteiger charge is 2.34. The Morgan fingerprint density at radius 1 is 0.643 bits per heavy atom. The first-order chi connectivity index (χ1) is 13.8. The van der Waals surface area contributed by atoms with Gasteiger partial charge in [-0.25, -0.2) is 0 Å². The van der Waals surface area contributed by atoms with Gasteiger partial charge in [0, 0.05) is 5.41 Å². The fourth-order valence-corrected chi connectivity index (χ4v) is 4.86. The van der Waals surface area contributed by atoms with Gasteiger partial charge < -0.3 is 0 Å². The molecule has 0 aliphatic heterocycles. The third-order valence-electron chi connectivity index (χ3n) is 6.32. The predicted octanol–water partition coefficient (Wildman–Crippen LogP) is 8.08. The van der Waals surface area contributed by atoms with Gasteiger partial charge in [-0.1, -0.05) is 118 Å². The van der Waals surface area contributed by atoms with Gasteiger partial charge in [0.25, 0.3) is 0 Å². The number of hydrogen-bond donors (Lipinski definition) is 0. The van der Waals surface area contributed by atoms with Crippen LogP contribution in [-0.4, -0.2) is 0 Å². The van der Waals surface area contributed by atoms with Crippen LogP contribution < -0.4 is 0 Å². The smallest absolute Gasteiger partial charge is 0.0212 e. The van der Waals surface area contributed by atoms with E-state index >= 15 is 0 Å². The lowest BCUT2D eigenvalue weighted by molar-refractivity contribution is 0.439. The summed E-state index contributed by atoms with van der Waals surface area (Å²) in [4.78, 5) is 0. The quantitative estimate of drug-likeness (QED) is 0.290. The molecule has 141 valence electrons. The van der Waals surface area contributed by atoms with Crippen LogP contribution in [0.5, 0.6) is 0 Å². The van der Waals surface area contributed by atoms with Crippen LogP contribution in [0, 0.1) is 6.92 Å². The Kier molecular flexibility index (Phi) is 5.48. The molecule has 0 heteroatoms. The largest absolute Gasteiger partial charge is 0.0642 e. The van der Waals surface area contributed by atoms with Crippen molar-refractivity contribution in [1.29, 1.82) is 0 Å². The average Bonchev–Trinajstić information content (AvgIpc) is 2.76. The number of rotatable bonds is 7. The average molecular weight is 366 g/mol. The first-order valence-corrected chi connectivity index (χ1v) is 10.6. The second-order valence-electron chi connectivity index (χ2n) is 7.80. The Balaban J connectivity index is 2.01. The van der Waals surface area contributed by atoms with Gasteiger partial charge in [0.1, 0.15) is 0 Å². The van der Waals surface area contributed by atoms with E-state index in [0.29, 0.717) is 0 Å².